The highest BCUT2D eigenvalue weighted by Crippen LogP contribution is 2.26. The monoisotopic (exact) mass is 440 g/mol. The number of fused-ring (bicyclic) bond motifs is 1. The van der Waals surface area contributed by atoms with E-state index in [0.29, 0.717) is 5.65 Å². The van der Waals surface area contributed by atoms with Crippen molar-refractivity contribution in [3.05, 3.63) is 34.4 Å². The topological polar surface area (TPSA) is 71.2 Å². The largest absolute Gasteiger partial charge is 0.534 e. The Kier molecular flexibility index (Phi) is 4.24. The van der Waals surface area contributed by atoms with Crippen LogP contribution in [0, 0.1) is 3.57 Å². The number of halogens is 1. The molecular formula is C16H17IN4O3. The van der Waals surface area contributed by atoms with Gasteiger partial charge in [-0.1, -0.05) is 0 Å². The Hall–Kier alpha value is -2.10. The Bertz CT molecular complexity index is 908. The molecule has 3 aromatic heterocycles. The van der Waals surface area contributed by atoms with Crippen molar-refractivity contribution in [1.82, 2.24) is 19.5 Å². The highest BCUT2D eigenvalue weighted by Gasteiger charge is 2.20. The highest BCUT2D eigenvalue weighted by molar-refractivity contribution is 14.1. The van der Waals surface area contributed by atoms with Crippen molar-refractivity contribution in [2.24, 2.45) is 7.05 Å². The molecular weight excluding hydrogens is 423 g/mol. The predicted octanol–water partition coefficient (Wildman–Crippen LogP) is 3.41. The summed E-state index contributed by atoms with van der Waals surface area (Å²) in [7, 11) is 1.87. The van der Waals surface area contributed by atoms with Crippen molar-refractivity contribution >= 4 is 39.8 Å². The number of carbonyl (C=O) groups is 1. The number of ether oxygens (including phenoxy) is 1. The number of hydrogen-bond donors (Lipinski definition) is 0. The van der Waals surface area contributed by atoms with Crippen LogP contribution in [0.5, 0.6) is 0 Å². The molecule has 3 aromatic rings. The Morgan fingerprint density at radius 3 is 2.58 bits per heavy atom. The summed E-state index contributed by atoms with van der Waals surface area (Å²) in [4.78, 5) is 21.5. The minimum Gasteiger partial charge on any atom is -0.427 e. The summed E-state index contributed by atoms with van der Waals surface area (Å²) in [6.45, 7) is 5.35. The molecule has 126 valence electrons. The van der Waals surface area contributed by atoms with Crippen molar-refractivity contribution in [3.63, 3.8) is 0 Å². The lowest BCUT2D eigenvalue weighted by molar-refractivity contribution is -0.00902. The van der Waals surface area contributed by atoms with Crippen molar-refractivity contribution in [2.75, 3.05) is 0 Å². The van der Waals surface area contributed by atoms with Gasteiger partial charge in [0.1, 0.15) is 5.60 Å². The predicted molar refractivity (Wildman–Crippen MR) is 97.5 cm³/mol. The van der Waals surface area contributed by atoms with Gasteiger partial charge in [0.2, 0.25) is 0 Å². The summed E-state index contributed by atoms with van der Waals surface area (Å²) in [6.07, 6.45) is 6.36. The molecule has 24 heavy (non-hydrogen) atoms. The number of rotatable bonds is 2. The van der Waals surface area contributed by atoms with E-state index in [1.54, 1.807) is 44.0 Å². The number of pyridine rings is 1. The fraction of sp³-hybridized carbons (Fsp3) is 0.312. The maximum atomic E-state index is 11.9. The molecule has 0 atom stereocenters. The number of hydrogen-bond acceptors (Lipinski definition) is 5. The fourth-order valence-electron chi connectivity index (χ4n) is 2.19. The summed E-state index contributed by atoms with van der Waals surface area (Å²) < 4.78 is 9.16. The Labute approximate surface area is 152 Å². The molecule has 3 heterocycles. The van der Waals surface area contributed by atoms with E-state index in [9.17, 15) is 4.79 Å². The zero-order valence-corrected chi connectivity index (χ0v) is 15.9. The van der Waals surface area contributed by atoms with Gasteiger partial charge in [0.15, 0.2) is 5.65 Å². The molecule has 0 saturated carbocycles. The Morgan fingerprint density at radius 2 is 1.96 bits per heavy atom. The van der Waals surface area contributed by atoms with Crippen LogP contribution in [0.2, 0.25) is 0 Å². The molecule has 0 saturated heterocycles. The first-order valence-electron chi connectivity index (χ1n) is 7.30. The molecule has 0 aromatic carbocycles. The smallest absolute Gasteiger partial charge is 0.427 e. The SMILES string of the molecule is Cn1cc(-c2cnc3c(c2)c(I)cn3OC(=O)OC(C)(C)C)cn1. The van der Waals surface area contributed by atoms with Gasteiger partial charge >= 0.3 is 6.16 Å². The van der Waals surface area contributed by atoms with Gasteiger partial charge in [0.25, 0.3) is 0 Å². The molecule has 0 spiro atoms. The molecule has 0 fully saturated rings. The highest BCUT2D eigenvalue weighted by atomic mass is 127. The van der Waals surface area contributed by atoms with Crippen LogP contribution in [0.3, 0.4) is 0 Å². The molecule has 7 nitrogen and oxygen atoms in total. The molecule has 8 heteroatoms. The molecule has 0 amide bonds. The molecule has 0 radical (unpaired) electrons. The lowest BCUT2D eigenvalue weighted by Crippen LogP contribution is -2.29. The maximum absolute atomic E-state index is 11.9. The van der Waals surface area contributed by atoms with Crippen LogP contribution in [-0.4, -0.2) is 31.3 Å². The summed E-state index contributed by atoms with van der Waals surface area (Å²) in [5.74, 6) is 0. The van der Waals surface area contributed by atoms with E-state index in [4.69, 9.17) is 9.57 Å². The zero-order chi connectivity index (χ0) is 17.5. The number of nitrogens with zero attached hydrogens (tertiary/aromatic N) is 4. The molecule has 0 aliphatic rings. The summed E-state index contributed by atoms with van der Waals surface area (Å²) in [5.41, 5.74) is 1.86. The lowest BCUT2D eigenvalue weighted by Gasteiger charge is -2.18. The van der Waals surface area contributed by atoms with Crippen LogP contribution in [0.25, 0.3) is 22.2 Å². The molecule has 0 N–H and O–H groups in total. The first-order valence-corrected chi connectivity index (χ1v) is 8.38. The third kappa shape index (κ3) is 3.53. The first kappa shape index (κ1) is 16.7. The third-order valence-corrected chi connectivity index (χ3v) is 4.02. The van der Waals surface area contributed by atoms with Crippen molar-refractivity contribution in [2.45, 2.75) is 26.4 Å². The van der Waals surface area contributed by atoms with Gasteiger partial charge in [0.05, 0.1) is 12.4 Å². The summed E-state index contributed by atoms with van der Waals surface area (Å²) in [6, 6.07) is 2.00. The van der Waals surface area contributed by atoms with Crippen molar-refractivity contribution < 1.29 is 14.4 Å². The Balaban J connectivity index is 1.93. The number of aryl methyl sites for hydroxylation is 1. The summed E-state index contributed by atoms with van der Waals surface area (Å²) in [5, 5.41) is 5.06. The Morgan fingerprint density at radius 1 is 1.21 bits per heavy atom. The first-order chi connectivity index (χ1) is 11.2. The molecule has 0 unspecified atom stereocenters. The van der Waals surface area contributed by atoms with Gasteiger partial charge in [-0.2, -0.15) is 9.83 Å². The van der Waals surface area contributed by atoms with Crippen LogP contribution in [0.1, 0.15) is 20.8 Å². The van der Waals surface area contributed by atoms with Gasteiger partial charge < -0.3 is 4.74 Å². The van der Waals surface area contributed by atoms with Crippen LogP contribution in [-0.2, 0) is 11.8 Å². The van der Waals surface area contributed by atoms with Crippen molar-refractivity contribution in [1.29, 1.82) is 0 Å². The van der Waals surface area contributed by atoms with Crippen molar-refractivity contribution in [3.8, 4) is 11.1 Å². The van der Waals surface area contributed by atoms with Gasteiger partial charge in [0, 0.05) is 39.5 Å². The van der Waals surface area contributed by atoms with E-state index < -0.39 is 11.8 Å². The second-order valence-corrected chi connectivity index (χ2v) is 7.52. The van der Waals surface area contributed by atoms with E-state index >= 15 is 0 Å². The van der Waals surface area contributed by atoms with Gasteiger partial charge in [-0.15, -0.1) is 0 Å². The van der Waals surface area contributed by atoms with E-state index in [1.165, 1.54) is 4.73 Å². The van der Waals surface area contributed by atoms with Crippen LogP contribution in [0.15, 0.2) is 30.9 Å². The van der Waals surface area contributed by atoms with E-state index in [0.717, 1.165) is 20.1 Å². The zero-order valence-electron chi connectivity index (χ0n) is 13.8. The van der Waals surface area contributed by atoms with Crippen LogP contribution >= 0.6 is 22.6 Å². The molecule has 0 aliphatic heterocycles. The van der Waals surface area contributed by atoms with Gasteiger partial charge in [-0.25, -0.2) is 9.78 Å². The van der Waals surface area contributed by atoms with E-state index in [2.05, 4.69) is 32.7 Å². The second kappa shape index (κ2) is 6.08. The lowest BCUT2D eigenvalue weighted by atomic mass is 10.1. The normalized spacial score (nSPS) is 11.7. The average molecular weight is 440 g/mol. The van der Waals surface area contributed by atoms with E-state index in [-0.39, 0.29) is 0 Å². The third-order valence-electron chi connectivity index (χ3n) is 3.16. The number of carbonyl (C=O) groups excluding carboxylic acids is 1. The average Bonchev–Trinajstić information content (AvgIpc) is 3.02. The van der Waals surface area contributed by atoms with Crippen LogP contribution < -0.4 is 4.84 Å². The minimum atomic E-state index is -0.770. The number of aromatic nitrogens is 4. The quantitative estimate of drug-likeness (QED) is 0.451. The summed E-state index contributed by atoms with van der Waals surface area (Å²) >= 11 is 2.18. The molecule has 0 aliphatic carbocycles. The maximum Gasteiger partial charge on any atom is 0.534 e. The fourth-order valence-corrected chi connectivity index (χ4v) is 2.84. The molecule has 0 bridgehead atoms. The van der Waals surface area contributed by atoms with E-state index in [1.807, 2.05) is 19.3 Å². The second-order valence-electron chi connectivity index (χ2n) is 6.36. The minimum absolute atomic E-state index is 0.554. The molecule has 3 rings (SSSR count). The standard InChI is InChI=1S/C16H17IN4O3/c1-16(2,3)23-15(22)24-21-9-13(17)12-5-10(6-18-14(12)21)11-7-19-20(4)8-11/h5-9H,1-4H3. The van der Waals surface area contributed by atoms with Gasteiger partial charge in [-0.05, 0) is 49.4 Å². The van der Waals surface area contributed by atoms with Gasteiger partial charge in [-0.3, -0.25) is 9.52 Å². The van der Waals surface area contributed by atoms with Crippen LogP contribution in [0.4, 0.5) is 4.79 Å².